The molecular formula is C16H22N2O2. The van der Waals surface area contributed by atoms with E-state index in [1.807, 2.05) is 51.1 Å². The van der Waals surface area contributed by atoms with Crippen LogP contribution in [0.4, 0.5) is 0 Å². The molecule has 1 aromatic carbocycles. The van der Waals surface area contributed by atoms with E-state index in [1.165, 1.54) is 6.08 Å². The van der Waals surface area contributed by atoms with Gasteiger partial charge < -0.3 is 15.2 Å². The summed E-state index contributed by atoms with van der Waals surface area (Å²) < 4.78 is 5.65. The number of nitrogens with zero attached hydrogens (tertiary/aromatic N) is 1. The lowest BCUT2D eigenvalue weighted by Gasteiger charge is -2.23. The third-order valence-corrected chi connectivity index (χ3v) is 2.84. The molecule has 4 heteroatoms. The monoisotopic (exact) mass is 274 g/mol. The first-order chi connectivity index (χ1) is 9.54. The summed E-state index contributed by atoms with van der Waals surface area (Å²) >= 11 is 0. The quantitative estimate of drug-likeness (QED) is 0.749. The van der Waals surface area contributed by atoms with Crippen molar-refractivity contribution < 1.29 is 9.84 Å². The van der Waals surface area contributed by atoms with E-state index in [0.29, 0.717) is 11.8 Å². The van der Waals surface area contributed by atoms with E-state index in [-0.39, 0.29) is 12.6 Å². The van der Waals surface area contributed by atoms with Crippen molar-refractivity contribution in [1.29, 1.82) is 5.26 Å². The number of aliphatic hydroxyl groups excluding tert-OH is 1. The second-order valence-corrected chi connectivity index (χ2v) is 4.99. The van der Waals surface area contributed by atoms with E-state index in [4.69, 9.17) is 10.00 Å². The topological polar surface area (TPSA) is 65.3 Å². The number of allylic oxidation sites excluding steroid dienone is 1. The van der Waals surface area contributed by atoms with Gasteiger partial charge in [-0.15, -0.1) is 0 Å². The largest absolute Gasteiger partial charge is 0.490 e. The molecule has 0 heterocycles. The summed E-state index contributed by atoms with van der Waals surface area (Å²) in [6, 6.07) is 9.65. The number of hydrogen-bond donors (Lipinski definition) is 2. The lowest BCUT2D eigenvalue weighted by Crippen LogP contribution is -2.43. The molecule has 0 amide bonds. The Morgan fingerprint density at radius 2 is 2.05 bits per heavy atom. The Bertz CT molecular complexity index is 478. The number of nitriles is 1. The summed E-state index contributed by atoms with van der Waals surface area (Å²) in [4.78, 5) is 0. The molecular weight excluding hydrogens is 252 g/mol. The number of nitrogens with one attached hydrogen (secondary N) is 1. The van der Waals surface area contributed by atoms with Gasteiger partial charge in [-0.2, -0.15) is 5.26 Å². The lowest BCUT2D eigenvalue weighted by molar-refractivity contribution is 0.0758. The molecule has 1 aromatic rings. The van der Waals surface area contributed by atoms with Crippen molar-refractivity contribution in [2.24, 2.45) is 0 Å². The molecule has 4 nitrogen and oxygen atoms in total. The van der Waals surface area contributed by atoms with Gasteiger partial charge in [-0.3, -0.25) is 0 Å². The van der Waals surface area contributed by atoms with Crippen molar-refractivity contribution in [3.63, 3.8) is 0 Å². The maximum Gasteiger partial charge on any atom is 0.126 e. The minimum Gasteiger partial charge on any atom is -0.490 e. The summed E-state index contributed by atoms with van der Waals surface area (Å²) in [6.07, 6.45) is 2.50. The van der Waals surface area contributed by atoms with Crippen LogP contribution in [0.25, 0.3) is 6.08 Å². The van der Waals surface area contributed by atoms with Crippen LogP contribution >= 0.6 is 0 Å². The minimum absolute atomic E-state index is 0.0446. The highest BCUT2D eigenvalue weighted by molar-refractivity contribution is 5.58. The number of benzene rings is 1. The van der Waals surface area contributed by atoms with Gasteiger partial charge in [0.2, 0.25) is 0 Å². The van der Waals surface area contributed by atoms with Gasteiger partial charge in [0.1, 0.15) is 18.5 Å². The maximum absolute atomic E-state index is 10.0. The summed E-state index contributed by atoms with van der Waals surface area (Å²) in [5.41, 5.74) is 0.825. The van der Waals surface area contributed by atoms with Crippen molar-refractivity contribution in [1.82, 2.24) is 5.32 Å². The summed E-state index contributed by atoms with van der Waals surface area (Å²) in [6.45, 7) is 6.20. The van der Waals surface area contributed by atoms with Crippen LogP contribution in [0.3, 0.4) is 0 Å². The fraction of sp³-hybridized carbons (Fsp3) is 0.438. The first-order valence-corrected chi connectivity index (χ1v) is 6.76. The van der Waals surface area contributed by atoms with Gasteiger partial charge in [0.05, 0.1) is 6.07 Å². The molecule has 2 atom stereocenters. The van der Waals surface area contributed by atoms with E-state index in [9.17, 15) is 5.11 Å². The van der Waals surface area contributed by atoms with Crippen LogP contribution < -0.4 is 10.1 Å². The number of rotatable bonds is 7. The van der Waals surface area contributed by atoms with Crippen molar-refractivity contribution >= 4 is 6.08 Å². The smallest absolute Gasteiger partial charge is 0.126 e. The Kier molecular flexibility index (Phi) is 6.78. The van der Waals surface area contributed by atoms with Crippen molar-refractivity contribution in [2.45, 2.75) is 39.0 Å². The van der Waals surface area contributed by atoms with Crippen LogP contribution in [0.2, 0.25) is 0 Å². The lowest BCUT2D eigenvalue weighted by atomic mass is 10.1. The van der Waals surface area contributed by atoms with E-state index in [1.54, 1.807) is 6.08 Å². The van der Waals surface area contributed by atoms with Crippen LogP contribution in [0.1, 0.15) is 26.3 Å². The van der Waals surface area contributed by atoms with Crippen molar-refractivity contribution in [3.05, 3.63) is 35.9 Å². The molecule has 0 aliphatic rings. The second kappa shape index (κ2) is 8.36. The molecule has 0 aliphatic heterocycles. The normalized spacial score (nSPS) is 14.2. The molecule has 108 valence electrons. The van der Waals surface area contributed by atoms with Gasteiger partial charge in [0, 0.05) is 23.7 Å². The average Bonchev–Trinajstić information content (AvgIpc) is 2.42. The van der Waals surface area contributed by atoms with Gasteiger partial charge in [0.15, 0.2) is 0 Å². The Morgan fingerprint density at radius 1 is 1.35 bits per heavy atom. The molecule has 0 aliphatic carbocycles. The van der Waals surface area contributed by atoms with E-state index in [0.717, 1.165) is 5.56 Å². The molecule has 0 aromatic heterocycles. The highest BCUT2D eigenvalue weighted by atomic mass is 16.5. The SMILES string of the molecule is CC(C)NC(C)C(O)COc1ccccc1/C=C/C#N. The van der Waals surface area contributed by atoms with E-state index in [2.05, 4.69) is 5.32 Å². The fourth-order valence-corrected chi connectivity index (χ4v) is 1.83. The molecule has 0 saturated carbocycles. The highest BCUT2D eigenvalue weighted by Gasteiger charge is 2.15. The van der Waals surface area contributed by atoms with Gasteiger partial charge in [-0.05, 0) is 19.1 Å². The first kappa shape index (κ1) is 16.2. The first-order valence-electron chi connectivity index (χ1n) is 6.76. The van der Waals surface area contributed by atoms with Crippen molar-refractivity contribution in [3.8, 4) is 11.8 Å². The van der Waals surface area contributed by atoms with Crippen LogP contribution in [-0.2, 0) is 0 Å². The molecule has 0 bridgehead atoms. The maximum atomic E-state index is 10.0. The zero-order valence-corrected chi connectivity index (χ0v) is 12.2. The molecule has 0 fully saturated rings. The third kappa shape index (κ3) is 5.43. The van der Waals surface area contributed by atoms with Gasteiger partial charge in [-0.25, -0.2) is 0 Å². The summed E-state index contributed by atoms with van der Waals surface area (Å²) in [5.74, 6) is 0.662. The van der Waals surface area contributed by atoms with Crippen LogP contribution in [0.5, 0.6) is 5.75 Å². The molecule has 1 rings (SSSR count). The van der Waals surface area contributed by atoms with Crippen LogP contribution in [-0.4, -0.2) is 29.9 Å². The molecule has 0 saturated heterocycles. The number of para-hydroxylation sites is 1. The third-order valence-electron chi connectivity index (χ3n) is 2.84. The highest BCUT2D eigenvalue weighted by Crippen LogP contribution is 2.19. The van der Waals surface area contributed by atoms with Crippen molar-refractivity contribution in [2.75, 3.05) is 6.61 Å². The Labute approximate surface area is 120 Å². The van der Waals surface area contributed by atoms with Gasteiger partial charge >= 0.3 is 0 Å². The number of hydrogen-bond acceptors (Lipinski definition) is 4. The molecule has 20 heavy (non-hydrogen) atoms. The number of aliphatic hydroxyl groups is 1. The number of ether oxygens (including phenoxy) is 1. The Morgan fingerprint density at radius 3 is 2.70 bits per heavy atom. The summed E-state index contributed by atoms with van der Waals surface area (Å²) in [7, 11) is 0. The Balaban J connectivity index is 2.61. The fourth-order valence-electron chi connectivity index (χ4n) is 1.83. The van der Waals surface area contributed by atoms with Crippen LogP contribution in [0.15, 0.2) is 30.3 Å². The predicted molar refractivity (Wildman–Crippen MR) is 80.3 cm³/mol. The average molecular weight is 274 g/mol. The minimum atomic E-state index is -0.592. The molecule has 0 spiro atoms. The molecule has 2 unspecified atom stereocenters. The second-order valence-electron chi connectivity index (χ2n) is 4.99. The zero-order chi connectivity index (χ0) is 15.0. The van der Waals surface area contributed by atoms with E-state index >= 15 is 0 Å². The zero-order valence-electron chi connectivity index (χ0n) is 12.2. The van der Waals surface area contributed by atoms with Gasteiger partial charge in [-0.1, -0.05) is 32.0 Å². The van der Waals surface area contributed by atoms with E-state index < -0.39 is 6.10 Å². The summed E-state index contributed by atoms with van der Waals surface area (Å²) in [5, 5.41) is 21.8. The standard InChI is InChI=1S/C16H22N2O2/c1-12(2)18-13(3)15(19)11-20-16-9-5-4-7-14(16)8-6-10-17/h4-9,12-13,15,18-19H,11H2,1-3H3/b8-6+. The molecule has 0 radical (unpaired) electrons. The van der Waals surface area contributed by atoms with Crippen LogP contribution in [0, 0.1) is 11.3 Å². The molecule has 2 N–H and O–H groups in total. The Hall–Kier alpha value is -1.83. The van der Waals surface area contributed by atoms with Gasteiger partial charge in [0.25, 0.3) is 0 Å². The predicted octanol–water partition coefficient (Wildman–Crippen LogP) is 2.35.